The molecule has 0 atom stereocenters. The van der Waals surface area contributed by atoms with Gasteiger partial charge in [0, 0.05) is 32.0 Å². The van der Waals surface area contributed by atoms with Gasteiger partial charge in [-0.2, -0.15) is 0 Å². The molecule has 0 aliphatic carbocycles. The van der Waals surface area contributed by atoms with Crippen molar-refractivity contribution < 1.29 is 9.84 Å². The van der Waals surface area contributed by atoms with E-state index in [9.17, 15) is 5.11 Å². The number of guanidine groups is 1. The number of aliphatic imine (C=N–C) groups is 1. The largest absolute Gasteiger partial charge is 0.473 e. The summed E-state index contributed by atoms with van der Waals surface area (Å²) in [4.78, 5) is 9.03. The summed E-state index contributed by atoms with van der Waals surface area (Å²) in [5, 5.41) is 16.2. The van der Waals surface area contributed by atoms with E-state index in [1.165, 1.54) is 0 Å². The molecule has 0 radical (unpaired) electrons. The lowest BCUT2D eigenvalue weighted by Crippen LogP contribution is -2.43. The Bertz CT molecular complexity index is 761. The third kappa shape index (κ3) is 7.67. The van der Waals surface area contributed by atoms with Gasteiger partial charge in [-0.15, -0.1) is 0 Å². The highest BCUT2D eigenvalue weighted by atomic mass is 16.5. The van der Waals surface area contributed by atoms with Crippen molar-refractivity contribution in [2.75, 3.05) is 19.7 Å². The molecule has 0 fully saturated rings. The van der Waals surface area contributed by atoms with Gasteiger partial charge in [0.25, 0.3) is 0 Å². The molecule has 2 aromatic rings. The molecular weight excluding hydrogens is 376 g/mol. The normalized spacial score (nSPS) is 11.9. The van der Waals surface area contributed by atoms with Crippen LogP contribution in [0.15, 0.2) is 53.7 Å². The Balaban J connectivity index is 1.98. The maximum Gasteiger partial charge on any atom is 0.213 e. The van der Waals surface area contributed by atoms with Crippen molar-refractivity contribution in [3.63, 3.8) is 0 Å². The van der Waals surface area contributed by atoms with Crippen LogP contribution in [0.2, 0.25) is 0 Å². The van der Waals surface area contributed by atoms with Crippen molar-refractivity contribution in [3.8, 4) is 5.88 Å². The maximum atomic E-state index is 9.44. The zero-order valence-electron chi connectivity index (χ0n) is 18.5. The second-order valence-electron chi connectivity index (χ2n) is 7.51. The molecule has 0 spiro atoms. The lowest BCUT2D eigenvalue weighted by Gasteiger charge is -2.32. The predicted octanol–water partition coefficient (Wildman–Crippen LogP) is 3.90. The lowest BCUT2D eigenvalue weighted by atomic mass is 9.79. The Morgan fingerprint density at radius 3 is 2.50 bits per heavy atom. The van der Waals surface area contributed by atoms with Crippen molar-refractivity contribution in [1.29, 1.82) is 0 Å². The van der Waals surface area contributed by atoms with Crippen LogP contribution < -0.4 is 15.4 Å². The average Bonchev–Trinajstić information content (AvgIpc) is 2.79. The fourth-order valence-electron chi connectivity index (χ4n) is 3.32. The minimum atomic E-state index is 0.0834. The molecule has 30 heavy (non-hydrogen) atoms. The lowest BCUT2D eigenvalue weighted by molar-refractivity contribution is 0.169. The summed E-state index contributed by atoms with van der Waals surface area (Å²) in [5.41, 5.74) is 2.23. The number of nitrogens with one attached hydrogen (secondary N) is 2. The highest BCUT2D eigenvalue weighted by molar-refractivity contribution is 5.79. The van der Waals surface area contributed by atoms with Crippen molar-refractivity contribution >= 4 is 5.96 Å². The Kier molecular flexibility index (Phi) is 10.1. The number of hydrogen-bond donors (Lipinski definition) is 3. The number of aromatic nitrogens is 1. The van der Waals surface area contributed by atoms with Crippen LogP contribution in [-0.4, -0.2) is 35.7 Å². The molecule has 0 amide bonds. The second-order valence-corrected chi connectivity index (χ2v) is 7.51. The third-order valence-electron chi connectivity index (χ3n) is 5.57. The number of pyridine rings is 1. The molecule has 0 aliphatic heterocycles. The molecule has 1 heterocycles. The summed E-state index contributed by atoms with van der Waals surface area (Å²) in [7, 11) is 0. The van der Waals surface area contributed by atoms with Crippen molar-refractivity contribution in [2.45, 2.75) is 53.2 Å². The van der Waals surface area contributed by atoms with Crippen LogP contribution in [0.4, 0.5) is 0 Å². The first-order valence-electron chi connectivity index (χ1n) is 10.9. The van der Waals surface area contributed by atoms with Crippen LogP contribution in [0.1, 0.15) is 51.2 Å². The number of hydrogen-bond acceptors (Lipinski definition) is 4. The van der Waals surface area contributed by atoms with Crippen LogP contribution in [0, 0.1) is 5.41 Å². The molecule has 0 saturated heterocycles. The number of benzene rings is 1. The van der Waals surface area contributed by atoms with Gasteiger partial charge < -0.3 is 20.5 Å². The van der Waals surface area contributed by atoms with Crippen LogP contribution in [-0.2, 0) is 13.2 Å². The zero-order chi connectivity index (χ0) is 21.7. The molecule has 6 nitrogen and oxygen atoms in total. The van der Waals surface area contributed by atoms with Gasteiger partial charge in [0.2, 0.25) is 5.88 Å². The topological polar surface area (TPSA) is 78.8 Å². The molecule has 0 bridgehead atoms. The quantitative estimate of drug-likeness (QED) is 0.364. The van der Waals surface area contributed by atoms with E-state index in [0.29, 0.717) is 19.0 Å². The molecule has 6 heteroatoms. The zero-order valence-corrected chi connectivity index (χ0v) is 18.5. The van der Waals surface area contributed by atoms with Crippen molar-refractivity contribution in [1.82, 2.24) is 15.6 Å². The number of nitrogens with zero attached hydrogens (tertiary/aromatic N) is 2. The van der Waals surface area contributed by atoms with E-state index in [2.05, 4.69) is 36.4 Å². The molecule has 3 N–H and O–H groups in total. The minimum absolute atomic E-state index is 0.0834. The summed E-state index contributed by atoms with van der Waals surface area (Å²) in [5.74, 6) is 1.38. The van der Waals surface area contributed by atoms with Gasteiger partial charge in [-0.25, -0.2) is 9.98 Å². The second kappa shape index (κ2) is 12.9. The van der Waals surface area contributed by atoms with E-state index in [4.69, 9.17) is 9.73 Å². The van der Waals surface area contributed by atoms with E-state index in [0.717, 1.165) is 49.4 Å². The van der Waals surface area contributed by atoms with Gasteiger partial charge in [-0.3, -0.25) is 0 Å². The Morgan fingerprint density at radius 1 is 1.07 bits per heavy atom. The number of rotatable bonds is 12. The van der Waals surface area contributed by atoms with E-state index < -0.39 is 0 Å². The highest BCUT2D eigenvalue weighted by Gasteiger charge is 2.25. The van der Waals surface area contributed by atoms with Crippen LogP contribution in [0.25, 0.3) is 0 Å². The SMILES string of the molecule is CCNC(=NCc1ccnc(OCc2ccccc2)c1)NCC(CC)(CC)CCO. The van der Waals surface area contributed by atoms with E-state index in [-0.39, 0.29) is 12.0 Å². The van der Waals surface area contributed by atoms with Crippen LogP contribution >= 0.6 is 0 Å². The first-order chi connectivity index (χ1) is 14.6. The standard InChI is InChI=1S/C24H36N4O2/c1-4-24(5-2,13-15-29)19-28-23(25-6-3)27-17-21-12-14-26-22(16-21)30-18-20-10-8-7-9-11-20/h7-12,14,16,29H,4-6,13,15,17-19H2,1-3H3,(H2,25,27,28). The van der Waals surface area contributed by atoms with Crippen LogP contribution in [0.5, 0.6) is 5.88 Å². The summed E-state index contributed by atoms with van der Waals surface area (Å²) >= 11 is 0. The third-order valence-corrected chi connectivity index (χ3v) is 5.57. The van der Waals surface area contributed by atoms with E-state index in [1.54, 1.807) is 6.20 Å². The molecule has 2 rings (SSSR count). The molecule has 0 saturated carbocycles. The average molecular weight is 413 g/mol. The molecule has 0 unspecified atom stereocenters. The van der Waals surface area contributed by atoms with Gasteiger partial charge in [-0.05, 0) is 48.8 Å². The van der Waals surface area contributed by atoms with Gasteiger partial charge in [-0.1, -0.05) is 44.2 Å². The Morgan fingerprint density at radius 2 is 1.83 bits per heavy atom. The van der Waals surface area contributed by atoms with Crippen molar-refractivity contribution in [3.05, 3.63) is 59.8 Å². The van der Waals surface area contributed by atoms with Crippen molar-refractivity contribution in [2.24, 2.45) is 10.4 Å². The summed E-state index contributed by atoms with van der Waals surface area (Å²) < 4.78 is 5.82. The maximum absolute atomic E-state index is 9.44. The fraction of sp³-hybridized carbons (Fsp3) is 0.500. The first-order valence-corrected chi connectivity index (χ1v) is 10.9. The van der Waals surface area contributed by atoms with E-state index >= 15 is 0 Å². The highest BCUT2D eigenvalue weighted by Crippen LogP contribution is 2.29. The molecule has 0 aliphatic rings. The summed E-state index contributed by atoms with van der Waals surface area (Å²) in [6.45, 7) is 9.22. The predicted molar refractivity (Wildman–Crippen MR) is 123 cm³/mol. The van der Waals surface area contributed by atoms with Gasteiger partial charge >= 0.3 is 0 Å². The molecule has 1 aromatic heterocycles. The van der Waals surface area contributed by atoms with E-state index in [1.807, 2.05) is 42.5 Å². The van der Waals surface area contributed by atoms with Gasteiger partial charge in [0.05, 0.1) is 6.54 Å². The smallest absolute Gasteiger partial charge is 0.213 e. The first kappa shape index (κ1) is 23.7. The number of aliphatic hydroxyl groups excluding tert-OH is 1. The molecule has 164 valence electrons. The fourth-order valence-corrected chi connectivity index (χ4v) is 3.32. The molecular formula is C24H36N4O2. The van der Waals surface area contributed by atoms with Gasteiger partial charge in [0.1, 0.15) is 6.61 Å². The number of aliphatic hydroxyl groups is 1. The van der Waals surface area contributed by atoms with Crippen LogP contribution in [0.3, 0.4) is 0 Å². The Labute approximate surface area is 180 Å². The Hall–Kier alpha value is -2.60. The minimum Gasteiger partial charge on any atom is -0.473 e. The number of ether oxygens (including phenoxy) is 1. The monoisotopic (exact) mass is 412 g/mol. The van der Waals surface area contributed by atoms with Gasteiger partial charge in [0.15, 0.2) is 5.96 Å². The molecule has 1 aromatic carbocycles. The summed E-state index contributed by atoms with van der Waals surface area (Å²) in [6, 6.07) is 13.9. The summed E-state index contributed by atoms with van der Waals surface area (Å²) in [6.07, 6.45) is 4.58.